The fraction of sp³-hybridized carbons (Fsp3) is 0.458. The van der Waals surface area contributed by atoms with Crippen LogP contribution in [0, 0.1) is 19.8 Å². The lowest BCUT2D eigenvalue weighted by atomic mass is 10.1. The smallest absolute Gasteiger partial charge is 0.311 e. The quantitative estimate of drug-likeness (QED) is 0.497. The third kappa shape index (κ3) is 4.32. The van der Waals surface area contributed by atoms with Gasteiger partial charge in [0.15, 0.2) is 6.61 Å². The molecule has 1 atom stereocenters. The van der Waals surface area contributed by atoms with Crippen LogP contribution >= 0.6 is 0 Å². The lowest BCUT2D eigenvalue weighted by molar-refractivity contribution is -0.147. The molecule has 1 aromatic heterocycles. The second-order valence-corrected chi connectivity index (χ2v) is 8.39. The molecule has 30 heavy (non-hydrogen) atoms. The number of hydrogen-bond acceptors (Lipinski definition) is 4. The summed E-state index contributed by atoms with van der Waals surface area (Å²) >= 11 is 0. The van der Waals surface area contributed by atoms with Crippen LogP contribution < -0.4 is 0 Å². The zero-order valence-corrected chi connectivity index (χ0v) is 17.6. The second kappa shape index (κ2) is 8.46. The minimum absolute atomic E-state index is 0.0350. The first kappa shape index (κ1) is 20.4. The second-order valence-electron chi connectivity index (χ2n) is 8.39. The summed E-state index contributed by atoms with van der Waals surface area (Å²) in [6.45, 7) is 4.61. The van der Waals surface area contributed by atoms with Gasteiger partial charge in [-0.25, -0.2) is 0 Å². The van der Waals surface area contributed by atoms with Crippen LogP contribution in [-0.4, -0.2) is 46.8 Å². The van der Waals surface area contributed by atoms with Gasteiger partial charge in [-0.1, -0.05) is 30.3 Å². The third-order valence-corrected chi connectivity index (χ3v) is 6.10. The number of rotatable bonds is 8. The molecule has 2 fully saturated rings. The van der Waals surface area contributed by atoms with Gasteiger partial charge in [0.2, 0.25) is 11.7 Å². The summed E-state index contributed by atoms with van der Waals surface area (Å²) in [7, 11) is 0. The number of nitrogens with zero attached hydrogens (tertiary/aromatic N) is 2. The molecule has 6 heteroatoms. The van der Waals surface area contributed by atoms with E-state index in [1.807, 2.05) is 50.2 Å². The molecular formula is C24H28N2O4. The van der Waals surface area contributed by atoms with E-state index >= 15 is 0 Å². The topological polar surface area (TPSA) is 68.6 Å². The largest absolute Gasteiger partial charge is 0.457 e. The van der Waals surface area contributed by atoms with Crippen molar-refractivity contribution in [3.63, 3.8) is 0 Å². The molecule has 2 heterocycles. The van der Waals surface area contributed by atoms with E-state index in [2.05, 4.69) is 4.57 Å². The number of carbonyl (C=O) groups is 3. The standard InChI is InChI=1S/C24H28N2O4/c1-16-12-21(17(2)26(16)20-8-9-20)22(27)15-30-24(29)19-13-23(28)25(14-19)11-10-18-6-4-3-5-7-18/h3-7,12,19-20H,8-11,13-15H2,1-2H3. The monoisotopic (exact) mass is 408 g/mol. The first-order valence-electron chi connectivity index (χ1n) is 10.6. The minimum Gasteiger partial charge on any atom is -0.457 e. The van der Waals surface area contributed by atoms with Crippen molar-refractivity contribution >= 4 is 17.7 Å². The van der Waals surface area contributed by atoms with Gasteiger partial charge in [0.05, 0.1) is 5.92 Å². The van der Waals surface area contributed by atoms with Gasteiger partial charge in [-0.3, -0.25) is 14.4 Å². The summed E-state index contributed by atoms with van der Waals surface area (Å²) < 4.78 is 7.51. The molecular weight excluding hydrogens is 380 g/mol. The number of ketones is 1. The van der Waals surface area contributed by atoms with Crippen LogP contribution in [0.1, 0.15) is 52.6 Å². The van der Waals surface area contributed by atoms with Crippen LogP contribution in [0.25, 0.3) is 0 Å². The Morgan fingerprint density at radius 3 is 2.57 bits per heavy atom. The van der Waals surface area contributed by atoms with E-state index in [4.69, 9.17) is 4.74 Å². The number of hydrogen-bond donors (Lipinski definition) is 0. The van der Waals surface area contributed by atoms with Gasteiger partial charge < -0.3 is 14.2 Å². The summed E-state index contributed by atoms with van der Waals surface area (Å²) in [5, 5.41) is 0. The number of esters is 1. The SMILES string of the molecule is Cc1cc(C(=O)COC(=O)C2CC(=O)N(CCc3ccccc3)C2)c(C)n1C1CC1. The number of ether oxygens (including phenoxy) is 1. The number of Topliss-reactive ketones (excluding diaryl/α,β-unsaturated/α-hetero) is 1. The van der Waals surface area contributed by atoms with E-state index in [0.717, 1.165) is 36.2 Å². The molecule has 1 saturated heterocycles. The average molecular weight is 408 g/mol. The van der Waals surface area contributed by atoms with Crippen LogP contribution in [0.15, 0.2) is 36.4 Å². The summed E-state index contributed by atoms with van der Waals surface area (Å²) in [5.41, 5.74) is 3.80. The number of carbonyl (C=O) groups excluding carboxylic acids is 3. The van der Waals surface area contributed by atoms with Crippen molar-refractivity contribution in [2.75, 3.05) is 19.7 Å². The predicted octanol–water partition coefficient (Wildman–Crippen LogP) is 3.26. The van der Waals surface area contributed by atoms with Crippen LogP contribution in [0.5, 0.6) is 0 Å². The molecule has 1 aromatic carbocycles. The first-order chi connectivity index (χ1) is 14.4. The molecule has 1 saturated carbocycles. The molecule has 0 spiro atoms. The fourth-order valence-electron chi connectivity index (χ4n) is 4.34. The Morgan fingerprint density at radius 2 is 1.87 bits per heavy atom. The lowest BCUT2D eigenvalue weighted by Gasteiger charge is -2.16. The van der Waals surface area contributed by atoms with Crippen LogP contribution in [0.3, 0.4) is 0 Å². The van der Waals surface area contributed by atoms with Gasteiger partial charge in [-0.15, -0.1) is 0 Å². The van der Waals surface area contributed by atoms with Crippen LogP contribution in [-0.2, 0) is 20.7 Å². The summed E-state index contributed by atoms with van der Waals surface area (Å²) in [4.78, 5) is 39.1. The molecule has 1 unspecified atom stereocenters. The van der Waals surface area contributed by atoms with Crippen molar-refractivity contribution < 1.29 is 19.1 Å². The van der Waals surface area contributed by atoms with Gasteiger partial charge in [-0.05, 0) is 44.7 Å². The van der Waals surface area contributed by atoms with Crippen LogP contribution in [0.2, 0.25) is 0 Å². The normalized spacial score (nSPS) is 18.7. The lowest BCUT2D eigenvalue weighted by Crippen LogP contribution is -2.29. The van der Waals surface area contributed by atoms with E-state index in [-0.39, 0.29) is 24.7 Å². The third-order valence-electron chi connectivity index (χ3n) is 6.10. The highest BCUT2D eigenvalue weighted by Crippen LogP contribution is 2.38. The molecule has 4 rings (SSSR count). The summed E-state index contributed by atoms with van der Waals surface area (Å²) in [6.07, 6.45) is 3.20. The minimum atomic E-state index is -0.500. The fourth-order valence-corrected chi connectivity index (χ4v) is 4.34. The molecule has 1 aliphatic heterocycles. The molecule has 0 radical (unpaired) electrons. The first-order valence-corrected chi connectivity index (χ1v) is 10.6. The van der Waals surface area contributed by atoms with Gasteiger partial charge in [0.1, 0.15) is 0 Å². The molecule has 0 N–H and O–H groups in total. The Morgan fingerprint density at radius 1 is 1.13 bits per heavy atom. The number of likely N-dealkylation sites (tertiary alicyclic amines) is 1. The highest BCUT2D eigenvalue weighted by Gasteiger charge is 2.35. The van der Waals surface area contributed by atoms with E-state index in [9.17, 15) is 14.4 Å². The highest BCUT2D eigenvalue weighted by atomic mass is 16.5. The average Bonchev–Trinajstić information content (AvgIpc) is 3.43. The Kier molecular flexibility index (Phi) is 5.75. The Bertz CT molecular complexity index is 959. The number of aromatic nitrogens is 1. The molecule has 2 aliphatic rings. The van der Waals surface area contributed by atoms with E-state index in [1.54, 1.807) is 4.90 Å². The molecule has 1 amide bonds. The summed E-state index contributed by atoms with van der Waals surface area (Å²) in [5.74, 6) is -1.18. The van der Waals surface area contributed by atoms with E-state index < -0.39 is 11.9 Å². The molecule has 1 aliphatic carbocycles. The van der Waals surface area contributed by atoms with Crippen molar-refractivity contribution in [3.05, 3.63) is 58.9 Å². The number of aryl methyl sites for hydroxylation is 1. The predicted molar refractivity (Wildman–Crippen MR) is 112 cm³/mol. The Hall–Kier alpha value is -2.89. The van der Waals surface area contributed by atoms with E-state index in [1.165, 1.54) is 0 Å². The Balaban J connectivity index is 1.28. The van der Waals surface area contributed by atoms with Crippen molar-refractivity contribution in [2.24, 2.45) is 5.92 Å². The van der Waals surface area contributed by atoms with Crippen molar-refractivity contribution in [1.29, 1.82) is 0 Å². The van der Waals surface area contributed by atoms with Gasteiger partial charge in [-0.2, -0.15) is 0 Å². The van der Waals surface area contributed by atoms with Crippen LogP contribution in [0.4, 0.5) is 0 Å². The van der Waals surface area contributed by atoms with Gasteiger partial charge in [0.25, 0.3) is 0 Å². The summed E-state index contributed by atoms with van der Waals surface area (Å²) in [6, 6.07) is 12.3. The zero-order chi connectivity index (χ0) is 21.3. The highest BCUT2D eigenvalue weighted by molar-refractivity contribution is 5.99. The van der Waals surface area contributed by atoms with Crippen molar-refractivity contribution in [1.82, 2.24) is 9.47 Å². The molecule has 0 bridgehead atoms. The van der Waals surface area contributed by atoms with Gasteiger partial charge in [0, 0.05) is 42.5 Å². The number of amides is 1. The molecule has 158 valence electrons. The van der Waals surface area contributed by atoms with E-state index in [0.29, 0.717) is 24.7 Å². The maximum absolute atomic E-state index is 12.6. The van der Waals surface area contributed by atoms with Gasteiger partial charge >= 0.3 is 5.97 Å². The zero-order valence-electron chi connectivity index (χ0n) is 17.6. The molecule has 2 aromatic rings. The maximum Gasteiger partial charge on any atom is 0.311 e. The maximum atomic E-state index is 12.6. The van der Waals surface area contributed by atoms with Crippen molar-refractivity contribution in [2.45, 2.75) is 45.6 Å². The van der Waals surface area contributed by atoms with Crippen molar-refractivity contribution in [3.8, 4) is 0 Å². The Labute approximate surface area is 176 Å². The number of benzene rings is 1. The molecule has 6 nitrogen and oxygen atoms in total.